The molecule has 2 rings (SSSR count). The van der Waals surface area contributed by atoms with Crippen LogP contribution in [0.4, 0.5) is 11.7 Å². The van der Waals surface area contributed by atoms with Crippen LogP contribution in [0.5, 0.6) is 5.75 Å². The van der Waals surface area contributed by atoms with Gasteiger partial charge >= 0.3 is 6.01 Å². The highest BCUT2D eigenvalue weighted by molar-refractivity contribution is 9.10. The summed E-state index contributed by atoms with van der Waals surface area (Å²) in [6.07, 6.45) is 0. The fraction of sp³-hybridized carbons (Fsp3) is 0.385. The van der Waals surface area contributed by atoms with Crippen LogP contribution in [0, 0.1) is 0 Å². The van der Waals surface area contributed by atoms with Gasteiger partial charge in [-0.1, -0.05) is 5.10 Å². The van der Waals surface area contributed by atoms with Gasteiger partial charge in [0.2, 0.25) is 5.89 Å². The third-order valence-corrected chi connectivity index (χ3v) is 3.28. The maximum Gasteiger partial charge on any atom is 0.320 e. The van der Waals surface area contributed by atoms with Gasteiger partial charge in [0.1, 0.15) is 5.75 Å². The molecule has 0 aliphatic heterocycles. The van der Waals surface area contributed by atoms with E-state index < -0.39 is 0 Å². The SMILES string of the molecule is COCCNCc1nnc(Nc2ccc(Br)c(OC)c2)o1. The number of halogens is 1. The molecule has 0 spiro atoms. The van der Waals surface area contributed by atoms with Gasteiger partial charge in [-0.05, 0) is 28.1 Å². The number of aromatic nitrogens is 2. The monoisotopic (exact) mass is 356 g/mol. The maximum atomic E-state index is 5.48. The van der Waals surface area contributed by atoms with E-state index in [2.05, 4.69) is 36.8 Å². The van der Waals surface area contributed by atoms with E-state index in [0.717, 1.165) is 22.5 Å². The Morgan fingerprint density at radius 2 is 2.14 bits per heavy atom. The highest BCUT2D eigenvalue weighted by Gasteiger charge is 2.07. The van der Waals surface area contributed by atoms with Crippen molar-refractivity contribution in [2.45, 2.75) is 6.54 Å². The Kier molecular flexibility index (Phi) is 5.97. The van der Waals surface area contributed by atoms with E-state index in [1.807, 2.05) is 18.2 Å². The van der Waals surface area contributed by atoms with Crippen molar-refractivity contribution >= 4 is 27.6 Å². The summed E-state index contributed by atoms with van der Waals surface area (Å²) >= 11 is 3.40. The minimum absolute atomic E-state index is 0.336. The van der Waals surface area contributed by atoms with Crippen LogP contribution in [0.15, 0.2) is 27.1 Å². The van der Waals surface area contributed by atoms with Crippen LogP contribution in [0.25, 0.3) is 0 Å². The second-order valence-corrected chi connectivity index (χ2v) is 5.00. The third kappa shape index (κ3) is 4.69. The molecule has 0 aliphatic carbocycles. The molecule has 1 heterocycles. The van der Waals surface area contributed by atoms with Gasteiger partial charge in [-0.15, -0.1) is 5.10 Å². The van der Waals surface area contributed by atoms with Crippen molar-refractivity contribution in [2.75, 3.05) is 32.7 Å². The normalized spacial score (nSPS) is 10.6. The number of nitrogens with zero attached hydrogens (tertiary/aromatic N) is 2. The third-order valence-electron chi connectivity index (χ3n) is 2.63. The number of anilines is 2. The number of ether oxygens (including phenoxy) is 2. The number of hydrogen-bond donors (Lipinski definition) is 2. The highest BCUT2D eigenvalue weighted by atomic mass is 79.9. The number of nitrogens with one attached hydrogen (secondary N) is 2. The predicted molar refractivity (Wildman–Crippen MR) is 81.9 cm³/mol. The molecule has 0 amide bonds. The lowest BCUT2D eigenvalue weighted by atomic mass is 10.3. The molecule has 2 aromatic rings. The summed E-state index contributed by atoms with van der Waals surface area (Å²) in [5.41, 5.74) is 0.803. The first-order chi connectivity index (χ1) is 10.2. The largest absolute Gasteiger partial charge is 0.495 e. The first-order valence-electron chi connectivity index (χ1n) is 6.35. The van der Waals surface area contributed by atoms with Crippen molar-refractivity contribution in [1.82, 2.24) is 15.5 Å². The van der Waals surface area contributed by atoms with Crippen molar-refractivity contribution in [2.24, 2.45) is 0 Å². The fourth-order valence-corrected chi connectivity index (χ4v) is 2.01. The standard InChI is InChI=1S/C13H17BrN4O3/c1-19-6-5-15-8-12-17-18-13(21-12)16-9-3-4-10(14)11(7-9)20-2/h3-4,7,15H,5-6,8H2,1-2H3,(H,16,18). The molecule has 0 bridgehead atoms. The molecule has 1 aromatic heterocycles. The van der Waals surface area contributed by atoms with E-state index >= 15 is 0 Å². The molecule has 1 aromatic carbocycles. The van der Waals surface area contributed by atoms with Gasteiger partial charge in [0.25, 0.3) is 0 Å². The maximum absolute atomic E-state index is 5.48. The van der Waals surface area contributed by atoms with E-state index in [9.17, 15) is 0 Å². The summed E-state index contributed by atoms with van der Waals surface area (Å²) in [4.78, 5) is 0. The zero-order chi connectivity index (χ0) is 15.1. The number of hydrogen-bond acceptors (Lipinski definition) is 7. The molecular formula is C13H17BrN4O3. The molecule has 0 aliphatic rings. The zero-order valence-corrected chi connectivity index (χ0v) is 13.4. The van der Waals surface area contributed by atoms with Crippen LogP contribution in [0.2, 0.25) is 0 Å². The zero-order valence-electron chi connectivity index (χ0n) is 11.9. The van der Waals surface area contributed by atoms with Gasteiger partial charge in [0.05, 0.1) is 24.7 Å². The van der Waals surface area contributed by atoms with E-state index in [1.165, 1.54) is 0 Å². The quantitative estimate of drug-likeness (QED) is 0.702. The van der Waals surface area contributed by atoms with Crippen LogP contribution in [0.3, 0.4) is 0 Å². The smallest absolute Gasteiger partial charge is 0.320 e. The molecule has 0 atom stereocenters. The van der Waals surface area contributed by atoms with Gasteiger partial charge in [-0.3, -0.25) is 0 Å². The van der Waals surface area contributed by atoms with E-state index in [0.29, 0.717) is 25.1 Å². The van der Waals surface area contributed by atoms with Crippen molar-refractivity contribution in [3.05, 3.63) is 28.6 Å². The van der Waals surface area contributed by atoms with Crippen molar-refractivity contribution in [3.8, 4) is 5.75 Å². The summed E-state index contributed by atoms with van der Waals surface area (Å²) in [6.45, 7) is 1.87. The molecule has 2 N–H and O–H groups in total. The van der Waals surface area contributed by atoms with Gasteiger partial charge in [-0.2, -0.15) is 0 Å². The Morgan fingerprint density at radius 1 is 1.29 bits per heavy atom. The fourth-order valence-electron chi connectivity index (χ4n) is 1.61. The molecular weight excluding hydrogens is 340 g/mol. The van der Waals surface area contributed by atoms with Crippen LogP contribution in [0.1, 0.15) is 5.89 Å². The number of rotatable bonds is 8. The summed E-state index contributed by atoms with van der Waals surface area (Å²) in [5, 5.41) is 14.0. The molecule has 114 valence electrons. The molecule has 0 fully saturated rings. The van der Waals surface area contributed by atoms with Gasteiger partial charge in [0.15, 0.2) is 0 Å². The number of methoxy groups -OCH3 is 2. The minimum atomic E-state index is 0.336. The lowest BCUT2D eigenvalue weighted by Crippen LogP contribution is -2.18. The molecule has 0 radical (unpaired) electrons. The van der Waals surface area contributed by atoms with Gasteiger partial charge < -0.3 is 24.5 Å². The van der Waals surface area contributed by atoms with E-state index in [4.69, 9.17) is 13.9 Å². The van der Waals surface area contributed by atoms with Crippen molar-refractivity contribution in [1.29, 1.82) is 0 Å². The van der Waals surface area contributed by atoms with E-state index in [1.54, 1.807) is 14.2 Å². The Balaban J connectivity index is 1.92. The van der Waals surface area contributed by atoms with Crippen molar-refractivity contribution < 1.29 is 13.9 Å². The summed E-state index contributed by atoms with van der Waals surface area (Å²) < 4.78 is 16.5. The predicted octanol–water partition coefficient (Wildman–Crippen LogP) is 2.32. The summed E-state index contributed by atoms with van der Waals surface area (Å²) in [7, 11) is 3.27. The summed E-state index contributed by atoms with van der Waals surface area (Å²) in [6, 6.07) is 5.94. The molecule has 0 saturated heterocycles. The van der Waals surface area contributed by atoms with Crippen LogP contribution in [-0.2, 0) is 11.3 Å². The van der Waals surface area contributed by atoms with Crippen LogP contribution in [-0.4, -0.2) is 37.6 Å². The van der Waals surface area contributed by atoms with Crippen LogP contribution < -0.4 is 15.4 Å². The lowest BCUT2D eigenvalue weighted by molar-refractivity contribution is 0.198. The van der Waals surface area contributed by atoms with Crippen LogP contribution >= 0.6 is 15.9 Å². The molecule has 0 unspecified atom stereocenters. The molecule has 7 nitrogen and oxygen atoms in total. The first-order valence-corrected chi connectivity index (χ1v) is 7.15. The first kappa shape index (κ1) is 15.7. The highest BCUT2D eigenvalue weighted by Crippen LogP contribution is 2.29. The summed E-state index contributed by atoms with van der Waals surface area (Å²) in [5.74, 6) is 1.23. The molecule has 0 saturated carbocycles. The average Bonchev–Trinajstić information content (AvgIpc) is 2.93. The Bertz CT molecular complexity index is 576. The number of benzene rings is 1. The average molecular weight is 357 g/mol. The Morgan fingerprint density at radius 3 is 2.90 bits per heavy atom. The molecule has 21 heavy (non-hydrogen) atoms. The minimum Gasteiger partial charge on any atom is -0.495 e. The Labute approximate surface area is 131 Å². The second-order valence-electron chi connectivity index (χ2n) is 4.14. The van der Waals surface area contributed by atoms with Gasteiger partial charge in [-0.25, -0.2) is 0 Å². The Hall–Kier alpha value is -1.64. The van der Waals surface area contributed by atoms with Crippen molar-refractivity contribution in [3.63, 3.8) is 0 Å². The lowest BCUT2D eigenvalue weighted by Gasteiger charge is -2.06. The molecule has 8 heteroatoms. The van der Waals surface area contributed by atoms with E-state index in [-0.39, 0.29) is 0 Å². The van der Waals surface area contributed by atoms with Gasteiger partial charge in [0, 0.05) is 25.4 Å². The second kappa shape index (κ2) is 7.96. The topological polar surface area (TPSA) is 81.4 Å².